The van der Waals surface area contributed by atoms with Crippen molar-refractivity contribution in [2.75, 3.05) is 40.3 Å². The fraction of sp³-hybridized carbons (Fsp3) is 0.750. The normalized spacial score (nSPS) is 9.29. The Morgan fingerprint density at radius 3 is 1.64 bits per heavy atom. The molecular weight excluding hydrogens is 206 g/mol. The molecule has 0 aliphatic rings. The highest BCUT2D eigenvalue weighted by molar-refractivity contribution is 5.32. The topological polar surface area (TPSA) is 58.9 Å². The molecule has 0 amide bonds. The van der Waals surface area contributed by atoms with Crippen LogP contribution in [0.5, 0.6) is 0 Å². The maximum absolute atomic E-state index is 9.78. The molecule has 0 N–H and O–H groups in total. The molecule has 80 valence electrons. The van der Waals surface area contributed by atoms with Crippen molar-refractivity contribution < 1.29 is 26.5 Å². The van der Waals surface area contributed by atoms with Crippen LogP contribution in [0.1, 0.15) is 0 Å². The van der Waals surface area contributed by atoms with Gasteiger partial charge in [-0.2, -0.15) is 9.98 Å². The molecule has 0 saturated heterocycles. The van der Waals surface area contributed by atoms with Gasteiger partial charge in [0.05, 0.1) is 27.2 Å². The van der Waals surface area contributed by atoms with Gasteiger partial charge >= 0.3 is 0 Å². The smallest absolute Gasteiger partial charge is 0.235 e. The van der Waals surface area contributed by atoms with Crippen molar-refractivity contribution in [3.63, 3.8) is 0 Å². The van der Waals surface area contributed by atoms with Crippen molar-refractivity contribution in [3.05, 3.63) is 0 Å². The van der Waals surface area contributed by atoms with E-state index in [9.17, 15) is 9.59 Å². The molecule has 0 saturated carbocycles. The van der Waals surface area contributed by atoms with Crippen LogP contribution in [0.4, 0.5) is 0 Å². The van der Waals surface area contributed by atoms with E-state index < -0.39 is 0 Å². The highest BCUT2D eigenvalue weighted by Crippen LogP contribution is 1.95. The molecule has 0 heterocycles. The van der Waals surface area contributed by atoms with Crippen molar-refractivity contribution in [3.8, 4) is 0 Å². The van der Waals surface area contributed by atoms with Crippen LogP contribution in [0.15, 0.2) is 9.98 Å². The monoisotopic (exact) mass is 219 g/mol. The summed E-state index contributed by atoms with van der Waals surface area (Å²) in [5.41, 5.74) is 0. The van der Waals surface area contributed by atoms with Crippen LogP contribution >= 0.6 is 0 Å². The molecule has 6 heteroatoms. The molecule has 0 fully saturated rings. The first-order valence-corrected chi connectivity index (χ1v) is 4.01. The van der Waals surface area contributed by atoms with Gasteiger partial charge in [-0.1, -0.05) is 0 Å². The second kappa shape index (κ2) is 8.60. The number of likely N-dealkylation sites (N-methyl/N-ethyl adjacent to an activating group) is 1. The molecule has 0 aliphatic heterocycles. The molecule has 14 heavy (non-hydrogen) atoms. The zero-order valence-corrected chi connectivity index (χ0v) is 9.12. The molecule has 5 nitrogen and oxygen atoms in total. The third-order valence-corrected chi connectivity index (χ3v) is 1.76. The van der Waals surface area contributed by atoms with E-state index in [4.69, 9.17) is 0 Å². The molecular formula is C8H14ClN3O2. The van der Waals surface area contributed by atoms with E-state index >= 15 is 0 Å². The molecule has 0 aromatic heterocycles. The van der Waals surface area contributed by atoms with Gasteiger partial charge in [-0.3, -0.25) is 0 Å². The third-order valence-electron chi connectivity index (χ3n) is 1.76. The summed E-state index contributed by atoms with van der Waals surface area (Å²) in [5.74, 6) is 0. The lowest BCUT2D eigenvalue weighted by atomic mass is 10.4. The minimum Gasteiger partial charge on any atom is -1.00 e. The number of hydrogen-bond donors (Lipinski definition) is 0. The number of halogens is 1. The number of carbonyl (C=O) groups excluding carboxylic acids is 2. The van der Waals surface area contributed by atoms with Crippen LogP contribution in [0, 0.1) is 0 Å². The minimum atomic E-state index is 0. The Labute approximate surface area is 89.5 Å². The number of rotatable bonds is 6. The Balaban J connectivity index is 0. The summed E-state index contributed by atoms with van der Waals surface area (Å²) in [4.78, 5) is 26.5. The first-order chi connectivity index (χ1) is 6.12. The van der Waals surface area contributed by atoms with Gasteiger partial charge in [0.1, 0.15) is 13.1 Å². The van der Waals surface area contributed by atoms with Gasteiger partial charge in [-0.25, -0.2) is 9.59 Å². The summed E-state index contributed by atoms with van der Waals surface area (Å²) >= 11 is 0. The van der Waals surface area contributed by atoms with Crippen LogP contribution in [0.25, 0.3) is 0 Å². The highest BCUT2D eigenvalue weighted by Gasteiger charge is 2.12. The van der Waals surface area contributed by atoms with Crippen LogP contribution in [0.3, 0.4) is 0 Å². The average Bonchev–Trinajstić information content (AvgIpc) is 2.05. The number of hydrogen-bond acceptors (Lipinski definition) is 4. The van der Waals surface area contributed by atoms with E-state index in [0.717, 1.165) is 13.1 Å². The van der Waals surface area contributed by atoms with E-state index in [1.54, 1.807) is 0 Å². The zero-order chi connectivity index (χ0) is 10.2. The summed E-state index contributed by atoms with van der Waals surface area (Å²) < 4.78 is 0.677. The Bertz CT molecular complexity index is 219. The zero-order valence-electron chi connectivity index (χ0n) is 8.36. The summed E-state index contributed by atoms with van der Waals surface area (Å²) in [6, 6.07) is 0. The van der Waals surface area contributed by atoms with Crippen LogP contribution in [-0.4, -0.2) is 56.9 Å². The lowest BCUT2D eigenvalue weighted by Crippen LogP contribution is -3.00. The van der Waals surface area contributed by atoms with Gasteiger partial charge in [0.25, 0.3) is 0 Å². The van der Waals surface area contributed by atoms with Crippen molar-refractivity contribution >= 4 is 12.2 Å². The Hall–Kier alpha value is -0.990. The van der Waals surface area contributed by atoms with Crippen molar-refractivity contribution in [1.82, 2.24) is 0 Å². The molecule has 0 unspecified atom stereocenters. The SMILES string of the molecule is C[N+](C)(CCN=C=O)CCN=C=O.[Cl-]. The minimum absolute atomic E-state index is 0. The van der Waals surface area contributed by atoms with E-state index in [0.29, 0.717) is 17.6 Å². The van der Waals surface area contributed by atoms with E-state index in [2.05, 4.69) is 9.98 Å². The van der Waals surface area contributed by atoms with Crippen molar-refractivity contribution in [2.24, 2.45) is 9.98 Å². The largest absolute Gasteiger partial charge is 1.00 e. The summed E-state index contributed by atoms with van der Waals surface area (Å²) in [5, 5.41) is 0. The summed E-state index contributed by atoms with van der Waals surface area (Å²) in [6.07, 6.45) is 2.97. The van der Waals surface area contributed by atoms with Gasteiger partial charge in [0, 0.05) is 0 Å². The van der Waals surface area contributed by atoms with Crippen LogP contribution in [0.2, 0.25) is 0 Å². The molecule has 0 radical (unpaired) electrons. The lowest BCUT2D eigenvalue weighted by molar-refractivity contribution is -0.887. The fourth-order valence-corrected chi connectivity index (χ4v) is 0.845. The summed E-state index contributed by atoms with van der Waals surface area (Å²) in [6.45, 7) is 2.40. The third kappa shape index (κ3) is 9.10. The maximum Gasteiger partial charge on any atom is 0.235 e. The van der Waals surface area contributed by atoms with Crippen molar-refractivity contribution in [2.45, 2.75) is 0 Å². The Morgan fingerprint density at radius 2 is 1.36 bits per heavy atom. The van der Waals surface area contributed by atoms with Gasteiger partial charge in [0.2, 0.25) is 12.2 Å². The van der Waals surface area contributed by atoms with Gasteiger partial charge < -0.3 is 16.9 Å². The Kier molecular flexibility index (Phi) is 9.51. The van der Waals surface area contributed by atoms with Crippen LogP contribution in [-0.2, 0) is 9.59 Å². The fourth-order valence-electron chi connectivity index (χ4n) is 0.845. The highest BCUT2D eigenvalue weighted by atomic mass is 35.5. The lowest BCUT2D eigenvalue weighted by Gasteiger charge is -2.27. The molecule has 0 atom stereocenters. The Morgan fingerprint density at radius 1 is 1.00 bits per heavy atom. The molecule has 0 aromatic carbocycles. The van der Waals surface area contributed by atoms with Gasteiger partial charge in [0.15, 0.2) is 0 Å². The van der Waals surface area contributed by atoms with Gasteiger partial charge in [-0.15, -0.1) is 0 Å². The standard InChI is InChI=1S/C8H14N3O2.ClH/c1-11(2,5-3-9-7-12)6-4-10-8-13;/h3-6H2,1-2H3;1H/q+1;/p-1. The number of aliphatic imine (C=N–C) groups is 2. The van der Waals surface area contributed by atoms with Crippen molar-refractivity contribution in [1.29, 1.82) is 0 Å². The van der Waals surface area contributed by atoms with Crippen LogP contribution < -0.4 is 12.4 Å². The number of nitrogens with zero attached hydrogens (tertiary/aromatic N) is 3. The second-order valence-electron chi connectivity index (χ2n) is 3.33. The average molecular weight is 220 g/mol. The predicted octanol–water partition coefficient (Wildman–Crippen LogP) is -3.26. The number of isocyanates is 2. The first kappa shape index (κ1) is 15.5. The quantitative estimate of drug-likeness (QED) is 0.268. The molecule has 0 spiro atoms. The maximum atomic E-state index is 9.78. The van der Waals surface area contributed by atoms with E-state index in [-0.39, 0.29) is 12.4 Å². The summed E-state index contributed by atoms with van der Waals surface area (Å²) in [7, 11) is 3.97. The molecule has 0 aromatic rings. The van der Waals surface area contributed by atoms with E-state index in [1.807, 2.05) is 14.1 Å². The molecule has 0 rings (SSSR count). The molecule has 0 bridgehead atoms. The van der Waals surface area contributed by atoms with E-state index in [1.165, 1.54) is 12.2 Å². The second-order valence-corrected chi connectivity index (χ2v) is 3.33. The molecule has 0 aliphatic carbocycles. The van der Waals surface area contributed by atoms with Gasteiger partial charge in [-0.05, 0) is 0 Å². The first-order valence-electron chi connectivity index (χ1n) is 4.01. The predicted molar refractivity (Wildman–Crippen MR) is 47.8 cm³/mol. The number of quaternary nitrogens is 1.